The Morgan fingerprint density at radius 3 is 1.85 bits per heavy atom. The number of rotatable bonds is 28. The van der Waals surface area contributed by atoms with Crippen LogP contribution in [-0.4, -0.2) is 133 Å². The summed E-state index contributed by atoms with van der Waals surface area (Å²) in [6.07, 6.45) is 9.89. The van der Waals surface area contributed by atoms with Gasteiger partial charge in [-0.1, -0.05) is 79.2 Å². The number of benzene rings is 6. The molecule has 0 unspecified atom stereocenters. The van der Waals surface area contributed by atoms with Gasteiger partial charge in [-0.2, -0.15) is 14.7 Å². The highest BCUT2D eigenvalue weighted by atomic mass is 35.5. The van der Waals surface area contributed by atoms with Gasteiger partial charge in [-0.05, 0) is 114 Å². The second-order valence-electron chi connectivity index (χ2n) is 23.8. The van der Waals surface area contributed by atoms with E-state index in [1.165, 1.54) is 76.6 Å². The van der Waals surface area contributed by atoms with E-state index in [1.54, 1.807) is 72.8 Å². The summed E-state index contributed by atoms with van der Waals surface area (Å²) in [6, 6.07) is 25.5. The van der Waals surface area contributed by atoms with E-state index in [0.29, 0.717) is 86.5 Å². The number of primary amides is 1. The summed E-state index contributed by atoms with van der Waals surface area (Å²) in [7, 11) is -9.86. The summed E-state index contributed by atoms with van der Waals surface area (Å²) in [4.78, 5) is 172. The Hall–Kier alpha value is -9.27. The number of nitrogens with two attached hydrogens (primary N) is 1. The fraction of sp³-hybridized carbons (Fsp3) is 0.299. The van der Waals surface area contributed by atoms with Gasteiger partial charge in [0.2, 0.25) is 17.7 Å². The van der Waals surface area contributed by atoms with Gasteiger partial charge in [-0.15, -0.1) is 23.2 Å². The molecule has 1 fully saturated rings. The van der Waals surface area contributed by atoms with Crippen molar-refractivity contribution in [3.63, 3.8) is 0 Å². The van der Waals surface area contributed by atoms with Crippen molar-refractivity contribution in [2.24, 2.45) is 11.1 Å². The molecule has 3 heterocycles. The van der Waals surface area contributed by atoms with Crippen LogP contribution < -0.4 is 51.2 Å². The average Bonchev–Trinajstić information content (AvgIpc) is 1.56. The Morgan fingerprint density at radius 2 is 1.28 bits per heavy atom. The molecule has 98 heavy (non-hydrogen) atoms. The van der Waals surface area contributed by atoms with Gasteiger partial charge < -0.3 is 46.1 Å². The predicted octanol–water partition coefficient (Wildman–Crippen LogP) is 8.26. The van der Waals surface area contributed by atoms with Crippen molar-refractivity contribution in [3.8, 4) is 11.5 Å². The lowest BCUT2D eigenvalue weighted by Crippen LogP contribution is -2.58. The highest BCUT2D eigenvalue weighted by Gasteiger charge is 2.51. The molecule has 1 aliphatic carbocycles. The Labute approximate surface area is 571 Å². The van der Waals surface area contributed by atoms with Crippen molar-refractivity contribution in [3.05, 3.63) is 155 Å². The first-order valence-corrected chi connectivity index (χ1v) is 35.4. The zero-order valence-electron chi connectivity index (χ0n) is 52.4. The van der Waals surface area contributed by atoms with E-state index in [1.807, 2.05) is 0 Å². The van der Waals surface area contributed by atoms with Crippen molar-refractivity contribution >= 4 is 149 Å². The highest BCUT2D eigenvalue weighted by Crippen LogP contribution is 2.53. The zero-order valence-corrected chi connectivity index (χ0v) is 55.7. The number of nitrogens with one attached hydrogen (secondary N) is 5. The monoisotopic (exact) mass is 1420 g/mol. The molecule has 0 aromatic heterocycles. The molecule has 6 aromatic carbocycles. The first-order valence-electron chi connectivity index (χ1n) is 31.2. The third-order valence-electron chi connectivity index (χ3n) is 17.2. The van der Waals surface area contributed by atoms with E-state index in [0.717, 1.165) is 4.90 Å². The number of fused-ring (bicyclic) bond motifs is 6. The maximum Gasteiger partial charge on any atom is 0.613 e. The molecule has 1 saturated carbocycles. The molecule has 0 spiro atoms. The Bertz CT molecular complexity index is 4250. The molecule has 12 N–H and O–H groups in total. The maximum atomic E-state index is 14.3. The minimum Gasteiger partial charge on any atom is -0.444 e. The van der Waals surface area contributed by atoms with Crippen LogP contribution in [0, 0.1) is 5.41 Å². The van der Waals surface area contributed by atoms with Crippen LogP contribution in [0.2, 0.25) is 0 Å². The number of unbranched alkanes of at least 4 members (excludes halogenated alkanes) is 2. The molecule has 27 nitrogen and oxygen atoms in total. The molecule has 514 valence electrons. The molecule has 3 aliphatic heterocycles. The molecule has 31 heteroatoms. The molecular weight excluding hydrogens is 1350 g/mol. The topological polar surface area (TPSA) is 395 Å². The number of phosphoric acid groups is 1. The molecule has 0 bridgehead atoms. The van der Waals surface area contributed by atoms with Crippen LogP contribution in [0.3, 0.4) is 0 Å². The third kappa shape index (κ3) is 17.0. The number of urea groups is 1. The van der Waals surface area contributed by atoms with Crippen molar-refractivity contribution in [1.29, 1.82) is 0 Å². The third-order valence-corrected chi connectivity index (χ3v) is 18.9. The first kappa shape index (κ1) is 71.5. The van der Waals surface area contributed by atoms with Gasteiger partial charge in [-0.25, -0.2) is 14.2 Å². The smallest absolute Gasteiger partial charge is 0.444 e. The SMILES string of the molecule is NC(=O)NCCC[C@H](NC(=O)C1(C(=O)NCCCCCN2C(=O)C=CC2=O)CCC1)C(=O)Nc1ccc(COC(=O)Nc2cc(/C=C/C(=O)N3C[C@@H](CCl)c4c3cc(O[P+](O)(O)O)c3ccccc43)ccc2/C=C/C(=O)N2C[C@@H](CCl)c3c2cc(OP(=O)(O)O)c2ccccc32)cc1. The lowest BCUT2D eigenvalue weighted by molar-refractivity contribution is -0.151. The molecule has 4 aliphatic rings. The molecule has 3 atom stereocenters. The van der Waals surface area contributed by atoms with E-state index < -0.39 is 75.0 Å². The van der Waals surface area contributed by atoms with Crippen LogP contribution in [0.1, 0.15) is 91.0 Å². The van der Waals surface area contributed by atoms with Gasteiger partial charge in [-0.3, -0.25) is 58.1 Å². The number of carbonyl (C=O) groups is 9. The van der Waals surface area contributed by atoms with Gasteiger partial charge >= 0.3 is 28.1 Å². The molecular formula is C67H70Cl2N9O18P2+. The second-order valence-corrected chi connectivity index (χ2v) is 26.8. The van der Waals surface area contributed by atoms with Crippen molar-refractivity contribution in [2.75, 3.05) is 64.9 Å². The summed E-state index contributed by atoms with van der Waals surface area (Å²) in [5, 5.41) is 15.6. The Kier molecular flexibility index (Phi) is 22.7. The number of amides is 10. The maximum absolute atomic E-state index is 14.3. The van der Waals surface area contributed by atoms with E-state index in [4.69, 9.17) is 42.7 Å². The number of nitrogens with zero attached hydrogens (tertiary/aromatic N) is 3. The first-order chi connectivity index (χ1) is 46.8. The van der Waals surface area contributed by atoms with Crippen molar-refractivity contribution in [2.45, 2.75) is 75.9 Å². The molecule has 6 aromatic rings. The Balaban J connectivity index is 0.836. The lowest BCUT2D eigenvalue weighted by Gasteiger charge is -2.39. The van der Waals surface area contributed by atoms with Gasteiger partial charge in [0, 0.05) is 109 Å². The fourth-order valence-electron chi connectivity index (χ4n) is 12.3. The van der Waals surface area contributed by atoms with Crippen molar-refractivity contribution < 1.29 is 86.0 Å². The fourth-order valence-corrected chi connectivity index (χ4v) is 13.6. The van der Waals surface area contributed by atoms with Crippen LogP contribution in [0.15, 0.2) is 127 Å². The van der Waals surface area contributed by atoms with Crippen LogP contribution in [0.5, 0.6) is 11.5 Å². The van der Waals surface area contributed by atoms with Crippen molar-refractivity contribution in [1.82, 2.24) is 20.9 Å². The highest BCUT2D eigenvalue weighted by molar-refractivity contribution is 7.53. The van der Waals surface area contributed by atoms with E-state index in [-0.39, 0.29) is 117 Å². The summed E-state index contributed by atoms with van der Waals surface area (Å²) < 4.78 is 28.1. The summed E-state index contributed by atoms with van der Waals surface area (Å²) >= 11 is 13.0. The van der Waals surface area contributed by atoms with Gasteiger partial charge in [0.15, 0.2) is 5.75 Å². The number of hydrogen-bond acceptors (Lipinski definition) is 16. The number of ether oxygens (including phenoxy) is 1. The summed E-state index contributed by atoms with van der Waals surface area (Å²) in [5.41, 5.74) is 7.39. The molecule has 0 radical (unpaired) electrons. The largest absolute Gasteiger partial charge is 0.613 e. The van der Waals surface area contributed by atoms with Gasteiger partial charge in [0.05, 0.1) is 17.1 Å². The standard InChI is InChI=1S/C67H69Cl2N9O18P2/c68-35-43-37-77(52-33-54(95-97(88,89)90)46-10-2-4-12-48(46)60(43)52)58(81)23-18-40-15-19-42(20-24-59(82)78-38-44(36-69)61-49-13-5-3-11-47(49)55(34-53(61)78)96-98(91,92)93)51(32-40)75-66(87)94-39-41-16-21-45(22-17-41)73-62(83)50(14-8-30-72-65(70)86)74-64(85)67(27-9-28-67)63(84)71-29-6-1-7-31-76-56(79)25-26-57(76)80/h2-5,10-13,15-26,32-34,43-44,50,88-90H,1,6-9,14,27-31,35-39H2,(H8-,70,71,72,73,74,75,82,83,84,85,86,87,91,92,93)/p+1/b23-18+/t43-,44-,50+/m1/s1. The van der Waals surface area contributed by atoms with Gasteiger partial charge in [0.25, 0.3) is 23.6 Å². The zero-order chi connectivity index (χ0) is 70.1. The number of halogens is 2. The van der Waals surface area contributed by atoms with Crippen LogP contribution in [0.4, 0.5) is 32.3 Å². The van der Waals surface area contributed by atoms with Gasteiger partial charge in [0.1, 0.15) is 23.8 Å². The summed E-state index contributed by atoms with van der Waals surface area (Å²) in [5.74, 6) is -4.38. The normalized spacial score (nSPS) is 16.6. The van der Waals surface area contributed by atoms with E-state index in [2.05, 4.69) is 26.6 Å². The quantitative estimate of drug-likeness (QED) is 0.00549. The Morgan fingerprint density at radius 1 is 0.694 bits per heavy atom. The number of phosphoric ester groups is 1. The number of imide groups is 1. The number of alkyl halides is 2. The minimum absolute atomic E-state index is 0.0462. The molecule has 0 saturated heterocycles. The lowest BCUT2D eigenvalue weighted by atomic mass is 9.67. The number of hydrogen-bond donors (Lipinski definition) is 11. The molecule has 10 rings (SSSR count). The van der Waals surface area contributed by atoms with Crippen LogP contribution in [-0.2, 0) is 49.5 Å². The molecule has 10 amide bonds. The summed E-state index contributed by atoms with van der Waals surface area (Å²) in [6.45, 7) is 0.493. The average molecular weight is 1420 g/mol. The van der Waals surface area contributed by atoms with Crippen LogP contribution in [0.25, 0.3) is 33.7 Å². The minimum atomic E-state index is -5.06. The van der Waals surface area contributed by atoms with Crippen LogP contribution >= 0.6 is 39.2 Å². The van der Waals surface area contributed by atoms with E-state index >= 15 is 0 Å². The second kappa shape index (κ2) is 31.1. The number of anilines is 4. The number of carbonyl (C=O) groups excluding carboxylic acids is 9. The van der Waals surface area contributed by atoms with E-state index in [9.17, 15) is 72.2 Å². The predicted molar refractivity (Wildman–Crippen MR) is 368 cm³/mol.